The van der Waals surface area contributed by atoms with Gasteiger partial charge in [0, 0.05) is 24.4 Å². The third-order valence-electron chi connectivity index (χ3n) is 5.02. The number of ether oxygens (including phenoxy) is 1. The first-order valence-corrected chi connectivity index (χ1v) is 12.8. The number of ketones is 1. The molecule has 0 radical (unpaired) electrons. The number of pyridine rings is 1. The number of carbonyl (C=O) groups is 1. The fourth-order valence-electron chi connectivity index (χ4n) is 2.78. The molecule has 0 saturated carbocycles. The fourth-order valence-corrected chi connectivity index (χ4v) is 2.78. The van der Waals surface area contributed by atoms with Gasteiger partial charge in [-0.25, -0.2) is 0 Å². The average Bonchev–Trinajstić information content (AvgIpc) is 2.82. The van der Waals surface area contributed by atoms with Crippen LogP contribution in [0.5, 0.6) is 0 Å². The van der Waals surface area contributed by atoms with E-state index in [1.54, 1.807) is 19.5 Å². The van der Waals surface area contributed by atoms with Gasteiger partial charge in [-0.05, 0) is 71.1 Å². The van der Waals surface area contributed by atoms with Gasteiger partial charge in [0.2, 0.25) is 0 Å². The van der Waals surface area contributed by atoms with Gasteiger partial charge >= 0.3 is 0 Å². The highest BCUT2D eigenvalue weighted by atomic mass is 16.5. The van der Waals surface area contributed by atoms with Crippen molar-refractivity contribution in [3.8, 4) is 0 Å². The first-order chi connectivity index (χ1) is 16.0. The van der Waals surface area contributed by atoms with Crippen molar-refractivity contribution in [2.45, 2.75) is 115 Å². The summed E-state index contributed by atoms with van der Waals surface area (Å²) in [7, 11) is 1.71. The summed E-state index contributed by atoms with van der Waals surface area (Å²) in [5.41, 5.74) is 4.44. The van der Waals surface area contributed by atoms with Crippen LogP contribution in [-0.2, 0) is 4.74 Å². The van der Waals surface area contributed by atoms with E-state index in [4.69, 9.17) is 4.74 Å². The van der Waals surface area contributed by atoms with Gasteiger partial charge in [0.15, 0.2) is 5.78 Å². The van der Waals surface area contributed by atoms with E-state index >= 15 is 0 Å². The molecule has 3 heteroatoms. The molecule has 0 saturated heterocycles. The molecular weight excluding hydrogens is 418 g/mol. The highest BCUT2D eigenvalue weighted by Crippen LogP contribution is 2.10. The number of carbonyl (C=O) groups excluding carboxylic acids is 1. The minimum Gasteiger partial charge on any atom is -0.501 e. The van der Waals surface area contributed by atoms with Crippen LogP contribution in [0.1, 0.15) is 124 Å². The monoisotopic (exact) mass is 475 g/mol. The van der Waals surface area contributed by atoms with E-state index in [2.05, 4.69) is 86.5 Å². The molecule has 0 bridgehead atoms. The summed E-state index contributed by atoms with van der Waals surface area (Å²) in [6.45, 7) is 28.9. The summed E-state index contributed by atoms with van der Waals surface area (Å²) < 4.78 is 5.04. The van der Waals surface area contributed by atoms with E-state index in [-0.39, 0.29) is 5.78 Å². The molecule has 1 aromatic rings. The number of nitrogens with zero attached hydrogens (tertiary/aromatic N) is 1. The molecule has 0 atom stereocenters. The van der Waals surface area contributed by atoms with Crippen LogP contribution in [0.4, 0.5) is 0 Å². The van der Waals surface area contributed by atoms with Crippen LogP contribution in [0.25, 0.3) is 0 Å². The van der Waals surface area contributed by atoms with Crippen molar-refractivity contribution in [3.63, 3.8) is 0 Å². The topological polar surface area (TPSA) is 39.2 Å². The molecule has 0 amide bonds. The molecule has 1 aromatic heterocycles. The van der Waals surface area contributed by atoms with Gasteiger partial charge < -0.3 is 4.74 Å². The van der Waals surface area contributed by atoms with Gasteiger partial charge in [-0.1, -0.05) is 72.0 Å². The SMILES string of the molecule is C/C=C(/C)CC.C=C.CC(=O)c1cncc(C)c1.CCC(OC)=C(C)C.CCCC(C)CCC. The van der Waals surface area contributed by atoms with Crippen molar-refractivity contribution in [2.24, 2.45) is 5.92 Å². The maximum Gasteiger partial charge on any atom is 0.161 e. The third-order valence-corrected chi connectivity index (χ3v) is 5.02. The minimum absolute atomic E-state index is 0.0659. The Bertz CT molecular complexity index is 643. The van der Waals surface area contributed by atoms with Gasteiger partial charge in [0.1, 0.15) is 0 Å². The highest BCUT2D eigenvalue weighted by Gasteiger charge is 1.97. The minimum atomic E-state index is 0.0659. The zero-order valence-corrected chi connectivity index (χ0v) is 24.8. The first kappa shape index (κ1) is 39.1. The first-order valence-electron chi connectivity index (χ1n) is 12.8. The maximum absolute atomic E-state index is 10.8. The van der Waals surface area contributed by atoms with Crippen molar-refractivity contribution in [1.82, 2.24) is 4.98 Å². The van der Waals surface area contributed by atoms with Crippen LogP contribution in [0, 0.1) is 12.8 Å². The van der Waals surface area contributed by atoms with Crippen LogP contribution < -0.4 is 0 Å². The standard InChI is InChI=1S/C8H9NO.C8H18.C7H14O.C6H12.C2H4/c1-6-3-8(7(2)10)5-9-4-6;1-4-6-8(3)7-5-2;1-5-7(8-4)6(2)3;1-4-6(3)5-2;1-2/h3-5H,1-2H3;8H,4-7H2,1-3H3;5H2,1-4H3;4H,5H2,1-3H3;1-2H2/b;;;6-4-;. The van der Waals surface area contributed by atoms with Gasteiger partial charge in [0.05, 0.1) is 12.9 Å². The number of aryl methyl sites for hydroxylation is 1. The summed E-state index contributed by atoms with van der Waals surface area (Å²) in [5, 5.41) is 0. The molecule has 0 unspecified atom stereocenters. The van der Waals surface area contributed by atoms with E-state index in [1.165, 1.54) is 50.2 Å². The Morgan fingerprint density at radius 2 is 1.50 bits per heavy atom. The van der Waals surface area contributed by atoms with Crippen LogP contribution in [0.15, 0.2) is 54.6 Å². The van der Waals surface area contributed by atoms with Crippen LogP contribution in [-0.4, -0.2) is 17.9 Å². The van der Waals surface area contributed by atoms with Crippen molar-refractivity contribution in [3.05, 3.63) is 65.7 Å². The molecule has 1 heterocycles. The zero-order chi connectivity index (χ0) is 27.5. The number of aromatic nitrogens is 1. The fraction of sp³-hybridized carbons (Fsp3) is 0.613. The zero-order valence-electron chi connectivity index (χ0n) is 24.8. The van der Waals surface area contributed by atoms with E-state index in [0.29, 0.717) is 5.56 Å². The summed E-state index contributed by atoms with van der Waals surface area (Å²) >= 11 is 0. The smallest absolute Gasteiger partial charge is 0.161 e. The van der Waals surface area contributed by atoms with E-state index < -0.39 is 0 Å². The highest BCUT2D eigenvalue weighted by molar-refractivity contribution is 5.93. The largest absolute Gasteiger partial charge is 0.501 e. The molecule has 0 N–H and O–H groups in total. The third kappa shape index (κ3) is 27.9. The molecule has 0 aromatic carbocycles. The summed E-state index contributed by atoms with van der Waals surface area (Å²) in [5.74, 6) is 2.13. The molecule has 1 rings (SSSR count). The quantitative estimate of drug-likeness (QED) is 0.213. The van der Waals surface area contributed by atoms with Gasteiger partial charge in [-0.15, -0.1) is 13.2 Å². The van der Waals surface area contributed by atoms with Gasteiger partial charge in [-0.3, -0.25) is 9.78 Å². The van der Waals surface area contributed by atoms with E-state index in [9.17, 15) is 4.79 Å². The Morgan fingerprint density at radius 1 is 1.00 bits per heavy atom. The number of rotatable bonds is 8. The normalized spacial score (nSPS) is 9.50. The van der Waals surface area contributed by atoms with Crippen LogP contribution in [0.2, 0.25) is 0 Å². The lowest BCUT2D eigenvalue weighted by atomic mass is 10.0. The lowest BCUT2D eigenvalue weighted by Crippen LogP contribution is -1.92. The summed E-state index contributed by atoms with van der Waals surface area (Å²) in [6, 6.07) is 1.83. The Morgan fingerprint density at radius 3 is 1.68 bits per heavy atom. The number of Topliss-reactive ketones (excluding diaryl/α,β-unsaturated/α-hetero) is 1. The molecule has 0 aliphatic carbocycles. The molecule has 0 fully saturated rings. The average molecular weight is 476 g/mol. The van der Waals surface area contributed by atoms with Crippen molar-refractivity contribution < 1.29 is 9.53 Å². The van der Waals surface area contributed by atoms with Crippen molar-refractivity contribution in [1.29, 1.82) is 0 Å². The van der Waals surface area contributed by atoms with Gasteiger partial charge in [-0.2, -0.15) is 0 Å². The Kier molecular flexibility index (Phi) is 33.2. The summed E-state index contributed by atoms with van der Waals surface area (Å²) in [4.78, 5) is 14.6. The second kappa shape index (κ2) is 28.9. The van der Waals surface area contributed by atoms with Crippen molar-refractivity contribution in [2.75, 3.05) is 7.11 Å². The van der Waals surface area contributed by atoms with Crippen molar-refractivity contribution >= 4 is 5.78 Å². The molecule has 3 nitrogen and oxygen atoms in total. The van der Waals surface area contributed by atoms with E-state index in [1.807, 2.05) is 13.0 Å². The Hall–Kier alpha value is -2.16. The molecule has 0 spiro atoms. The van der Waals surface area contributed by atoms with Crippen LogP contribution in [0.3, 0.4) is 0 Å². The van der Waals surface area contributed by atoms with E-state index in [0.717, 1.165) is 23.7 Å². The number of methoxy groups -OCH3 is 1. The number of allylic oxidation sites excluding steroid dienone is 4. The molecule has 34 heavy (non-hydrogen) atoms. The number of hydrogen-bond donors (Lipinski definition) is 0. The second-order valence-electron chi connectivity index (χ2n) is 8.46. The lowest BCUT2D eigenvalue weighted by molar-refractivity contribution is 0.101. The lowest BCUT2D eigenvalue weighted by Gasteiger charge is -2.05. The number of hydrogen-bond acceptors (Lipinski definition) is 3. The predicted octanol–water partition coefficient (Wildman–Crippen LogP) is 10.3. The van der Waals surface area contributed by atoms with Gasteiger partial charge in [0.25, 0.3) is 0 Å². The summed E-state index contributed by atoms with van der Waals surface area (Å²) in [6.07, 6.45) is 13.2. The van der Waals surface area contributed by atoms with Crippen LogP contribution >= 0.6 is 0 Å². The Balaban J connectivity index is -0.000000175. The molecular formula is C31H57NO2. The Labute approximate surface area is 213 Å². The second-order valence-corrected chi connectivity index (χ2v) is 8.46. The molecule has 0 aliphatic rings. The molecule has 0 aliphatic heterocycles. The predicted molar refractivity (Wildman–Crippen MR) is 155 cm³/mol. The maximum atomic E-state index is 10.8. The molecule has 198 valence electrons.